The molecule has 2 aromatic carbocycles. The molecule has 0 aliphatic heterocycles. The highest BCUT2D eigenvalue weighted by atomic mass is 32.2. The minimum absolute atomic E-state index is 0.0666. The molecule has 0 unspecified atom stereocenters. The maximum atomic E-state index is 11.8. The average molecular weight is 391 g/mol. The molecule has 3 N–H and O–H groups in total. The van der Waals surface area contributed by atoms with Crippen molar-refractivity contribution in [1.29, 1.82) is 0 Å². The third kappa shape index (κ3) is 6.78. The zero-order valence-electron chi connectivity index (χ0n) is 15.2. The van der Waals surface area contributed by atoms with E-state index in [1.54, 1.807) is 12.1 Å². The van der Waals surface area contributed by atoms with Crippen LogP contribution in [0.3, 0.4) is 0 Å². The Hall–Kier alpha value is -2.22. The van der Waals surface area contributed by atoms with Crippen molar-refractivity contribution in [3.05, 3.63) is 65.7 Å². The third-order valence-corrected chi connectivity index (χ3v) is 5.18. The molecule has 6 nitrogen and oxygen atoms in total. The summed E-state index contributed by atoms with van der Waals surface area (Å²) in [5.41, 5.74) is 7.61. The zero-order chi connectivity index (χ0) is 19.9. The van der Waals surface area contributed by atoms with Gasteiger partial charge in [-0.05, 0) is 50.3 Å². The molecular formula is C20H25NO5S. The Labute approximate surface area is 160 Å². The molecule has 0 spiro atoms. The number of carbonyl (C=O) groups is 1. The largest absolute Gasteiger partial charge is 0.461 e. The summed E-state index contributed by atoms with van der Waals surface area (Å²) in [7, 11) is -4.02. The van der Waals surface area contributed by atoms with Crippen LogP contribution in [0.15, 0.2) is 59.5 Å². The van der Waals surface area contributed by atoms with Gasteiger partial charge in [-0.15, -0.1) is 0 Å². The van der Waals surface area contributed by atoms with E-state index in [4.69, 9.17) is 15.0 Å². The van der Waals surface area contributed by atoms with Crippen molar-refractivity contribution in [2.24, 2.45) is 5.73 Å². The molecule has 1 aliphatic rings. The summed E-state index contributed by atoms with van der Waals surface area (Å²) in [6.45, 7) is 1.84. The standard InChI is InChI=1S/C13H17NO2.C7H8O3S/c14-12(10-6-2-1-3-7-10)13(15)16-11-8-4-5-9-11;1-6-2-4-7(5-3-6)11(8,9)10/h1-3,6-7,11-12H,4-5,8-9,14H2;2-5H,1H3,(H,8,9,10)/t12-;/m1./s1. The number of benzene rings is 2. The first kappa shape index (κ1) is 21.1. The Bertz CT molecular complexity index is 828. The van der Waals surface area contributed by atoms with Gasteiger partial charge in [-0.1, -0.05) is 48.0 Å². The normalized spacial score (nSPS) is 15.5. The van der Waals surface area contributed by atoms with Gasteiger partial charge in [0.15, 0.2) is 0 Å². The van der Waals surface area contributed by atoms with Crippen molar-refractivity contribution >= 4 is 16.1 Å². The highest BCUT2D eigenvalue weighted by Gasteiger charge is 2.23. The summed E-state index contributed by atoms with van der Waals surface area (Å²) in [6.07, 6.45) is 4.35. The number of nitrogens with two attached hydrogens (primary N) is 1. The van der Waals surface area contributed by atoms with Crippen LogP contribution in [0.5, 0.6) is 0 Å². The molecule has 1 fully saturated rings. The number of aryl methyl sites for hydroxylation is 1. The van der Waals surface area contributed by atoms with E-state index in [2.05, 4.69) is 0 Å². The number of carbonyl (C=O) groups excluding carboxylic acids is 1. The minimum Gasteiger partial charge on any atom is -0.461 e. The molecule has 0 saturated heterocycles. The summed E-state index contributed by atoms with van der Waals surface area (Å²) in [5.74, 6) is -0.307. The highest BCUT2D eigenvalue weighted by Crippen LogP contribution is 2.23. The second-order valence-corrected chi connectivity index (χ2v) is 7.94. The van der Waals surface area contributed by atoms with E-state index >= 15 is 0 Å². The zero-order valence-corrected chi connectivity index (χ0v) is 16.1. The Morgan fingerprint density at radius 2 is 1.63 bits per heavy atom. The minimum atomic E-state index is -4.02. The summed E-state index contributed by atoms with van der Waals surface area (Å²) < 4.78 is 34.9. The average Bonchev–Trinajstić information content (AvgIpc) is 3.15. The monoisotopic (exact) mass is 391 g/mol. The van der Waals surface area contributed by atoms with Crippen LogP contribution in [-0.4, -0.2) is 25.0 Å². The van der Waals surface area contributed by atoms with Gasteiger partial charge in [0.1, 0.15) is 12.1 Å². The fourth-order valence-corrected chi connectivity index (χ4v) is 3.23. The topological polar surface area (TPSA) is 107 Å². The van der Waals surface area contributed by atoms with Crippen LogP contribution in [0, 0.1) is 6.92 Å². The Balaban J connectivity index is 0.000000208. The predicted molar refractivity (Wildman–Crippen MR) is 103 cm³/mol. The van der Waals surface area contributed by atoms with Crippen LogP contribution in [-0.2, 0) is 19.6 Å². The molecule has 0 radical (unpaired) electrons. The number of rotatable bonds is 4. The van der Waals surface area contributed by atoms with Gasteiger partial charge in [-0.2, -0.15) is 8.42 Å². The molecule has 7 heteroatoms. The van der Waals surface area contributed by atoms with Crippen LogP contribution in [0.4, 0.5) is 0 Å². The van der Waals surface area contributed by atoms with Crippen LogP contribution in [0.25, 0.3) is 0 Å². The van der Waals surface area contributed by atoms with Crippen molar-refractivity contribution in [2.45, 2.75) is 49.6 Å². The van der Waals surface area contributed by atoms with E-state index in [1.807, 2.05) is 37.3 Å². The summed E-state index contributed by atoms with van der Waals surface area (Å²) in [6, 6.07) is 14.7. The molecule has 146 valence electrons. The quantitative estimate of drug-likeness (QED) is 0.611. The van der Waals surface area contributed by atoms with Gasteiger partial charge in [0.25, 0.3) is 10.1 Å². The van der Waals surface area contributed by atoms with Crippen molar-refractivity contribution < 1.29 is 22.5 Å². The number of hydrogen-bond acceptors (Lipinski definition) is 5. The van der Waals surface area contributed by atoms with E-state index in [-0.39, 0.29) is 17.0 Å². The third-order valence-electron chi connectivity index (χ3n) is 4.32. The summed E-state index contributed by atoms with van der Waals surface area (Å²) in [4.78, 5) is 11.7. The maximum absolute atomic E-state index is 11.8. The molecule has 2 aromatic rings. The summed E-state index contributed by atoms with van der Waals surface area (Å²) in [5, 5.41) is 0. The lowest BCUT2D eigenvalue weighted by atomic mass is 10.1. The Morgan fingerprint density at radius 1 is 1.07 bits per heavy atom. The number of hydrogen-bond donors (Lipinski definition) is 2. The van der Waals surface area contributed by atoms with E-state index in [9.17, 15) is 13.2 Å². The molecule has 0 aromatic heterocycles. The molecule has 27 heavy (non-hydrogen) atoms. The summed E-state index contributed by atoms with van der Waals surface area (Å²) >= 11 is 0. The van der Waals surface area contributed by atoms with E-state index in [1.165, 1.54) is 12.1 Å². The molecule has 1 atom stereocenters. The fourth-order valence-electron chi connectivity index (χ4n) is 2.75. The first-order valence-corrected chi connectivity index (χ1v) is 10.3. The van der Waals surface area contributed by atoms with Gasteiger partial charge in [0.2, 0.25) is 0 Å². The van der Waals surface area contributed by atoms with E-state index in [0.717, 1.165) is 36.8 Å². The first-order chi connectivity index (χ1) is 12.8. The van der Waals surface area contributed by atoms with Crippen molar-refractivity contribution in [1.82, 2.24) is 0 Å². The maximum Gasteiger partial charge on any atom is 0.327 e. The van der Waals surface area contributed by atoms with Crippen molar-refractivity contribution in [2.75, 3.05) is 0 Å². The predicted octanol–water partition coefficient (Wildman–Crippen LogP) is 3.41. The highest BCUT2D eigenvalue weighted by molar-refractivity contribution is 7.85. The smallest absolute Gasteiger partial charge is 0.327 e. The molecule has 0 amide bonds. The second kappa shape index (κ2) is 9.64. The van der Waals surface area contributed by atoms with Gasteiger partial charge in [-0.25, -0.2) is 4.79 Å². The fraction of sp³-hybridized carbons (Fsp3) is 0.350. The molecule has 3 rings (SSSR count). The molecule has 1 saturated carbocycles. The van der Waals surface area contributed by atoms with Gasteiger partial charge in [0, 0.05) is 0 Å². The lowest BCUT2D eigenvalue weighted by molar-refractivity contribution is -0.150. The SMILES string of the molecule is Cc1ccc(S(=O)(=O)O)cc1.N[C@@H](C(=O)OC1CCCC1)c1ccccc1. The second-order valence-electron chi connectivity index (χ2n) is 6.52. The first-order valence-electron chi connectivity index (χ1n) is 8.82. The van der Waals surface area contributed by atoms with Gasteiger partial charge < -0.3 is 10.5 Å². The lowest BCUT2D eigenvalue weighted by Gasteiger charge is -2.15. The molecule has 0 heterocycles. The van der Waals surface area contributed by atoms with Gasteiger partial charge >= 0.3 is 5.97 Å². The molecule has 1 aliphatic carbocycles. The van der Waals surface area contributed by atoms with Crippen LogP contribution in [0.2, 0.25) is 0 Å². The number of esters is 1. The van der Waals surface area contributed by atoms with Gasteiger partial charge in [0.05, 0.1) is 4.90 Å². The van der Waals surface area contributed by atoms with Crippen LogP contribution < -0.4 is 5.73 Å². The van der Waals surface area contributed by atoms with E-state index in [0.29, 0.717) is 0 Å². The van der Waals surface area contributed by atoms with Crippen molar-refractivity contribution in [3.8, 4) is 0 Å². The van der Waals surface area contributed by atoms with E-state index < -0.39 is 16.2 Å². The Morgan fingerprint density at radius 3 is 2.15 bits per heavy atom. The lowest BCUT2D eigenvalue weighted by Crippen LogP contribution is -2.27. The van der Waals surface area contributed by atoms with Crippen LogP contribution >= 0.6 is 0 Å². The van der Waals surface area contributed by atoms with Crippen LogP contribution in [0.1, 0.15) is 42.9 Å². The molecular weight excluding hydrogens is 366 g/mol. The van der Waals surface area contributed by atoms with Crippen molar-refractivity contribution in [3.63, 3.8) is 0 Å². The Kier molecular flexibility index (Phi) is 7.53. The molecule has 0 bridgehead atoms. The number of ether oxygens (including phenoxy) is 1. The van der Waals surface area contributed by atoms with Gasteiger partial charge in [-0.3, -0.25) is 4.55 Å².